The van der Waals surface area contributed by atoms with Crippen LogP contribution >= 0.6 is 11.6 Å². The molecule has 7 heteroatoms. The molecule has 116 valence electrons. The lowest BCUT2D eigenvalue weighted by molar-refractivity contribution is -0.384. The molecule has 3 aromatic rings. The maximum Gasteiger partial charge on any atom is 0.289 e. The van der Waals surface area contributed by atoms with Gasteiger partial charge in [-0.1, -0.05) is 11.6 Å². The molecule has 0 fully saturated rings. The van der Waals surface area contributed by atoms with Crippen LogP contribution in [0.3, 0.4) is 0 Å². The molecule has 2 aromatic carbocycles. The van der Waals surface area contributed by atoms with Crippen LogP contribution in [0.2, 0.25) is 5.02 Å². The van der Waals surface area contributed by atoms with Crippen molar-refractivity contribution >= 4 is 39.6 Å². The van der Waals surface area contributed by atoms with Crippen LogP contribution in [0.25, 0.3) is 10.9 Å². The van der Waals surface area contributed by atoms with Crippen LogP contribution < -0.4 is 10.1 Å². The van der Waals surface area contributed by atoms with E-state index in [9.17, 15) is 10.1 Å². The van der Waals surface area contributed by atoms with Crippen LogP contribution in [0.5, 0.6) is 5.75 Å². The molecule has 1 aromatic heterocycles. The molecule has 0 bridgehead atoms. The minimum absolute atomic E-state index is 0.102. The van der Waals surface area contributed by atoms with Gasteiger partial charge < -0.3 is 10.1 Å². The van der Waals surface area contributed by atoms with Gasteiger partial charge in [-0.2, -0.15) is 0 Å². The van der Waals surface area contributed by atoms with Gasteiger partial charge in [-0.15, -0.1) is 0 Å². The second-order valence-electron chi connectivity index (χ2n) is 4.79. The van der Waals surface area contributed by atoms with Gasteiger partial charge in [0.25, 0.3) is 5.69 Å². The maximum absolute atomic E-state index is 11.0. The largest absolute Gasteiger partial charge is 0.497 e. The van der Waals surface area contributed by atoms with Crippen molar-refractivity contribution in [3.63, 3.8) is 0 Å². The number of aromatic nitrogens is 1. The molecule has 0 aliphatic carbocycles. The zero-order valence-electron chi connectivity index (χ0n) is 12.1. The Kier molecular flexibility index (Phi) is 3.99. The fourth-order valence-electron chi connectivity index (χ4n) is 2.25. The molecule has 0 aliphatic heterocycles. The third-order valence-corrected chi connectivity index (χ3v) is 3.69. The van der Waals surface area contributed by atoms with Gasteiger partial charge >= 0.3 is 0 Å². The van der Waals surface area contributed by atoms with Gasteiger partial charge in [0, 0.05) is 35.1 Å². The third-order valence-electron chi connectivity index (χ3n) is 3.37. The number of halogens is 1. The van der Waals surface area contributed by atoms with E-state index in [1.54, 1.807) is 25.4 Å². The monoisotopic (exact) mass is 329 g/mol. The second-order valence-corrected chi connectivity index (χ2v) is 5.20. The van der Waals surface area contributed by atoms with Crippen molar-refractivity contribution in [2.24, 2.45) is 0 Å². The highest BCUT2D eigenvalue weighted by atomic mass is 35.5. The van der Waals surface area contributed by atoms with E-state index in [0.29, 0.717) is 11.4 Å². The summed E-state index contributed by atoms with van der Waals surface area (Å²) in [5, 5.41) is 15.1. The number of ether oxygens (including phenoxy) is 1. The summed E-state index contributed by atoms with van der Waals surface area (Å²) in [7, 11) is 1.59. The summed E-state index contributed by atoms with van der Waals surface area (Å²) in [5.74, 6) is 0.712. The normalized spacial score (nSPS) is 10.5. The van der Waals surface area contributed by atoms with Crippen molar-refractivity contribution in [3.05, 3.63) is 63.8 Å². The molecule has 0 amide bonds. The van der Waals surface area contributed by atoms with Crippen molar-refractivity contribution in [2.45, 2.75) is 0 Å². The van der Waals surface area contributed by atoms with E-state index in [1.165, 1.54) is 12.1 Å². The van der Waals surface area contributed by atoms with Crippen LogP contribution in [0.4, 0.5) is 17.1 Å². The van der Waals surface area contributed by atoms with Crippen molar-refractivity contribution in [2.75, 3.05) is 12.4 Å². The Hall–Kier alpha value is -2.86. The van der Waals surface area contributed by atoms with Crippen molar-refractivity contribution < 1.29 is 9.66 Å². The lowest BCUT2D eigenvalue weighted by Crippen LogP contribution is -1.95. The lowest BCUT2D eigenvalue weighted by atomic mass is 10.1. The molecule has 0 saturated carbocycles. The highest BCUT2D eigenvalue weighted by molar-refractivity contribution is 6.32. The van der Waals surface area contributed by atoms with Crippen LogP contribution in [-0.2, 0) is 0 Å². The summed E-state index contributed by atoms with van der Waals surface area (Å²) in [6.45, 7) is 0. The smallest absolute Gasteiger partial charge is 0.289 e. The number of hydrogen-bond donors (Lipinski definition) is 1. The molecule has 0 atom stereocenters. The predicted octanol–water partition coefficient (Wildman–Crippen LogP) is 4.55. The standard InChI is InChI=1S/C16H12ClN3O3/c1-23-11-3-4-12-14(6-7-18-15(12)9-11)19-10-2-5-13(17)16(8-10)20(21)22/h2-9H,1H3,(H,18,19). The molecule has 0 radical (unpaired) electrons. The lowest BCUT2D eigenvalue weighted by Gasteiger charge is -2.10. The Morgan fingerprint density at radius 3 is 2.78 bits per heavy atom. The highest BCUT2D eigenvalue weighted by Gasteiger charge is 2.13. The molecule has 1 heterocycles. The number of methoxy groups -OCH3 is 1. The molecule has 0 unspecified atom stereocenters. The van der Waals surface area contributed by atoms with Gasteiger partial charge in [-0.3, -0.25) is 15.1 Å². The first kappa shape index (κ1) is 15.1. The summed E-state index contributed by atoms with van der Waals surface area (Å²) >= 11 is 5.83. The molecule has 1 N–H and O–H groups in total. The van der Waals surface area contributed by atoms with Crippen molar-refractivity contribution in [3.8, 4) is 5.75 Å². The SMILES string of the molecule is COc1ccc2c(Nc3ccc(Cl)c([N+](=O)[O-])c3)ccnc2c1. The summed E-state index contributed by atoms with van der Waals surface area (Å²) < 4.78 is 5.19. The van der Waals surface area contributed by atoms with E-state index in [1.807, 2.05) is 18.2 Å². The Balaban J connectivity index is 2.02. The predicted molar refractivity (Wildman–Crippen MR) is 89.7 cm³/mol. The molecule has 0 spiro atoms. The Morgan fingerprint density at radius 1 is 1.22 bits per heavy atom. The number of fused-ring (bicyclic) bond motifs is 1. The molecule has 3 rings (SSSR count). The maximum atomic E-state index is 11.0. The van der Waals surface area contributed by atoms with Gasteiger partial charge in [-0.05, 0) is 30.3 Å². The number of pyridine rings is 1. The van der Waals surface area contributed by atoms with Gasteiger partial charge in [0.1, 0.15) is 10.8 Å². The Bertz CT molecular complexity index is 899. The number of hydrogen-bond acceptors (Lipinski definition) is 5. The van der Waals surface area contributed by atoms with Gasteiger partial charge in [0.15, 0.2) is 0 Å². The van der Waals surface area contributed by atoms with Gasteiger partial charge in [-0.25, -0.2) is 0 Å². The van der Waals surface area contributed by atoms with E-state index < -0.39 is 4.92 Å². The van der Waals surface area contributed by atoms with Crippen LogP contribution in [0, 0.1) is 10.1 Å². The third kappa shape index (κ3) is 3.02. The first-order valence-electron chi connectivity index (χ1n) is 6.72. The van der Waals surface area contributed by atoms with Crippen LogP contribution in [0.1, 0.15) is 0 Å². The van der Waals surface area contributed by atoms with Crippen LogP contribution in [-0.4, -0.2) is 17.0 Å². The number of nitro groups is 1. The fraction of sp³-hybridized carbons (Fsp3) is 0.0625. The molecule has 23 heavy (non-hydrogen) atoms. The minimum atomic E-state index is -0.511. The Labute approximate surface area is 136 Å². The summed E-state index contributed by atoms with van der Waals surface area (Å²) in [5.41, 5.74) is 1.98. The molecular weight excluding hydrogens is 318 g/mol. The molecular formula is C16H12ClN3O3. The van der Waals surface area contributed by atoms with Crippen molar-refractivity contribution in [1.29, 1.82) is 0 Å². The number of anilines is 2. The fourth-order valence-corrected chi connectivity index (χ4v) is 2.44. The zero-order chi connectivity index (χ0) is 16.4. The summed E-state index contributed by atoms with van der Waals surface area (Å²) in [6, 6.07) is 11.9. The van der Waals surface area contributed by atoms with Gasteiger partial charge in [0.2, 0.25) is 0 Å². The molecule has 0 aliphatic rings. The van der Waals surface area contributed by atoms with E-state index in [0.717, 1.165) is 16.6 Å². The second kappa shape index (κ2) is 6.10. The highest BCUT2D eigenvalue weighted by Crippen LogP contribution is 2.31. The first-order valence-corrected chi connectivity index (χ1v) is 7.10. The van der Waals surface area contributed by atoms with Gasteiger partial charge in [0.05, 0.1) is 17.5 Å². The summed E-state index contributed by atoms with van der Waals surface area (Å²) in [6.07, 6.45) is 1.66. The van der Waals surface area contributed by atoms with E-state index in [4.69, 9.17) is 16.3 Å². The molecule has 6 nitrogen and oxygen atoms in total. The number of rotatable bonds is 4. The van der Waals surface area contributed by atoms with E-state index in [-0.39, 0.29) is 10.7 Å². The zero-order valence-corrected chi connectivity index (χ0v) is 12.9. The number of benzene rings is 2. The Morgan fingerprint density at radius 2 is 2.04 bits per heavy atom. The van der Waals surface area contributed by atoms with Crippen LogP contribution in [0.15, 0.2) is 48.7 Å². The minimum Gasteiger partial charge on any atom is -0.497 e. The van der Waals surface area contributed by atoms with E-state index in [2.05, 4.69) is 10.3 Å². The number of nitrogens with zero attached hydrogens (tertiary/aromatic N) is 2. The average Bonchev–Trinajstić information content (AvgIpc) is 2.56. The molecule has 0 saturated heterocycles. The topological polar surface area (TPSA) is 77.3 Å². The first-order chi connectivity index (χ1) is 11.1. The van der Waals surface area contributed by atoms with E-state index >= 15 is 0 Å². The summed E-state index contributed by atoms with van der Waals surface area (Å²) in [4.78, 5) is 14.8. The van der Waals surface area contributed by atoms with Crippen molar-refractivity contribution in [1.82, 2.24) is 4.98 Å². The quantitative estimate of drug-likeness (QED) is 0.561. The number of nitrogens with one attached hydrogen (secondary N) is 1. The number of nitro benzene ring substituents is 1. The average molecular weight is 330 g/mol.